The quantitative estimate of drug-likeness (QED) is 0.632. The Morgan fingerprint density at radius 2 is 2.25 bits per heavy atom. The van der Waals surface area contributed by atoms with Crippen molar-refractivity contribution >= 4 is 21.9 Å². The van der Waals surface area contributed by atoms with E-state index in [2.05, 4.69) is 30.4 Å². The summed E-state index contributed by atoms with van der Waals surface area (Å²) in [5.74, 6) is -1.95. The number of ether oxygens (including phenoxy) is 2. The Bertz CT molecular complexity index is 370. The van der Waals surface area contributed by atoms with Crippen LogP contribution in [0.1, 0.15) is 6.92 Å². The summed E-state index contributed by atoms with van der Waals surface area (Å²) < 4.78 is 34.9. The first-order valence-corrected chi connectivity index (χ1v) is 5.10. The van der Waals surface area contributed by atoms with Crippen LogP contribution >= 0.6 is 15.9 Å². The summed E-state index contributed by atoms with van der Waals surface area (Å²) in [6.07, 6.45) is -2.94. The minimum Gasteiger partial charge on any atom is -0.459 e. The molecule has 4 nitrogen and oxygen atoms in total. The van der Waals surface area contributed by atoms with Gasteiger partial charge in [0.25, 0.3) is 0 Å². The molecule has 0 atom stereocenters. The first-order valence-electron chi connectivity index (χ1n) is 4.31. The molecule has 0 aromatic carbocycles. The monoisotopic (exact) mass is 295 g/mol. The second-order valence-corrected chi connectivity index (χ2v) is 3.47. The highest BCUT2D eigenvalue weighted by molar-refractivity contribution is 9.10. The molecule has 0 spiro atoms. The Balaban J connectivity index is 2.72. The molecule has 0 aliphatic rings. The third-order valence-corrected chi connectivity index (χ3v) is 1.93. The van der Waals surface area contributed by atoms with Crippen molar-refractivity contribution in [2.75, 3.05) is 6.61 Å². The third-order valence-electron chi connectivity index (χ3n) is 1.46. The Morgan fingerprint density at radius 3 is 2.75 bits per heavy atom. The summed E-state index contributed by atoms with van der Waals surface area (Å²) in [7, 11) is 0. The zero-order valence-corrected chi connectivity index (χ0v) is 9.83. The Hall–Kier alpha value is -1.24. The molecule has 1 heterocycles. The molecule has 0 aliphatic heterocycles. The smallest absolute Gasteiger partial charge is 0.459 e. The van der Waals surface area contributed by atoms with Gasteiger partial charge in [-0.2, -0.15) is 8.78 Å². The van der Waals surface area contributed by atoms with Crippen LogP contribution in [0.2, 0.25) is 0 Å². The van der Waals surface area contributed by atoms with Crippen molar-refractivity contribution < 1.29 is 23.0 Å². The second kappa shape index (κ2) is 5.20. The zero-order valence-electron chi connectivity index (χ0n) is 8.25. The topological polar surface area (TPSA) is 48.4 Å². The van der Waals surface area contributed by atoms with E-state index in [4.69, 9.17) is 0 Å². The molecule has 1 aromatic heterocycles. The highest BCUT2D eigenvalue weighted by Crippen LogP contribution is 2.23. The molecule has 88 valence electrons. The van der Waals surface area contributed by atoms with Gasteiger partial charge in [0.15, 0.2) is 0 Å². The molecule has 0 bridgehead atoms. The summed E-state index contributed by atoms with van der Waals surface area (Å²) in [5, 5.41) is 0. The van der Waals surface area contributed by atoms with Crippen molar-refractivity contribution in [1.29, 1.82) is 0 Å². The molecule has 1 aromatic rings. The fourth-order valence-corrected chi connectivity index (χ4v) is 1.06. The van der Waals surface area contributed by atoms with Crippen molar-refractivity contribution in [2.24, 2.45) is 0 Å². The van der Waals surface area contributed by atoms with Crippen LogP contribution < -0.4 is 4.74 Å². The fourth-order valence-electron chi connectivity index (χ4n) is 0.827. The number of carbonyl (C=O) groups excluding carboxylic acids is 1. The maximum Gasteiger partial charge on any atom is 0.502 e. The third kappa shape index (κ3) is 3.41. The van der Waals surface area contributed by atoms with Crippen molar-refractivity contribution in [1.82, 2.24) is 4.98 Å². The SMILES string of the molecule is CCOC(=O)C(F)(F)Oc1ccc(Br)nc1. The van der Waals surface area contributed by atoms with Crippen LogP contribution in [0.4, 0.5) is 8.78 Å². The van der Waals surface area contributed by atoms with E-state index in [0.29, 0.717) is 4.60 Å². The fraction of sp³-hybridized carbons (Fsp3) is 0.333. The van der Waals surface area contributed by atoms with Crippen LogP contribution in [0.15, 0.2) is 22.9 Å². The van der Waals surface area contributed by atoms with Gasteiger partial charge in [0.1, 0.15) is 10.4 Å². The Labute approximate surface area is 98.7 Å². The van der Waals surface area contributed by atoms with Gasteiger partial charge in [-0.15, -0.1) is 0 Å². The summed E-state index contributed by atoms with van der Waals surface area (Å²) in [6.45, 7) is 1.28. The number of aromatic nitrogens is 1. The molecule has 0 saturated carbocycles. The van der Waals surface area contributed by atoms with Gasteiger partial charge in [-0.25, -0.2) is 9.78 Å². The molecule has 0 amide bonds. The number of halogens is 3. The molecule has 16 heavy (non-hydrogen) atoms. The second-order valence-electron chi connectivity index (χ2n) is 2.66. The maximum absolute atomic E-state index is 13.1. The number of esters is 1. The van der Waals surface area contributed by atoms with Gasteiger partial charge in [0.2, 0.25) is 0 Å². The minimum atomic E-state index is -4.01. The number of rotatable bonds is 4. The van der Waals surface area contributed by atoms with Gasteiger partial charge in [0, 0.05) is 0 Å². The highest BCUT2D eigenvalue weighted by Gasteiger charge is 2.44. The molecule has 0 unspecified atom stereocenters. The first-order chi connectivity index (χ1) is 7.45. The molecular formula is C9H8BrF2NO3. The molecular weight excluding hydrogens is 288 g/mol. The van der Waals surface area contributed by atoms with E-state index >= 15 is 0 Å². The number of hydrogen-bond donors (Lipinski definition) is 0. The largest absolute Gasteiger partial charge is 0.502 e. The van der Waals surface area contributed by atoms with Crippen LogP contribution in [0, 0.1) is 0 Å². The molecule has 0 radical (unpaired) electrons. The van der Waals surface area contributed by atoms with E-state index in [9.17, 15) is 13.6 Å². The van der Waals surface area contributed by atoms with Gasteiger partial charge < -0.3 is 9.47 Å². The van der Waals surface area contributed by atoms with E-state index < -0.39 is 12.1 Å². The van der Waals surface area contributed by atoms with Crippen molar-refractivity contribution in [3.05, 3.63) is 22.9 Å². The lowest BCUT2D eigenvalue weighted by Gasteiger charge is -2.15. The minimum absolute atomic E-state index is 0.142. The van der Waals surface area contributed by atoms with Gasteiger partial charge in [0.05, 0.1) is 12.8 Å². The number of hydrogen-bond acceptors (Lipinski definition) is 4. The lowest BCUT2D eigenvalue weighted by Crippen LogP contribution is -2.36. The summed E-state index contributed by atoms with van der Waals surface area (Å²) in [6, 6.07) is 2.67. The van der Waals surface area contributed by atoms with Crippen LogP contribution in [0.25, 0.3) is 0 Å². The maximum atomic E-state index is 13.1. The van der Waals surface area contributed by atoms with Crippen molar-refractivity contribution in [3.63, 3.8) is 0 Å². The molecule has 7 heteroatoms. The van der Waals surface area contributed by atoms with Crippen LogP contribution in [-0.2, 0) is 9.53 Å². The van der Waals surface area contributed by atoms with E-state index in [0.717, 1.165) is 6.20 Å². The van der Waals surface area contributed by atoms with Crippen LogP contribution in [0.3, 0.4) is 0 Å². The first kappa shape index (κ1) is 12.8. The van der Waals surface area contributed by atoms with Crippen molar-refractivity contribution in [3.8, 4) is 5.75 Å². The van der Waals surface area contributed by atoms with E-state index in [1.165, 1.54) is 19.1 Å². The molecule has 0 fully saturated rings. The van der Waals surface area contributed by atoms with Crippen LogP contribution in [-0.4, -0.2) is 23.7 Å². The predicted octanol–water partition coefficient (Wildman–Crippen LogP) is 2.38. The average molecular weight is 296 g/mol. The normalized spacial score (nSPS) is 11.0. The average Bonchev–Trinajstić information content (AvgIpc) is 2.21. The van der Waals surface area contributed by atoms with E-state index in [1.807, 2.05) is 0 Å². The summed E-state index contributed by atoms with van der Waals surface area (Å²) in [5.41, 5.74) is 0. The molecule has 1 rings (SSSR count). The molecule has 0 N–H and O–H groups in total. The number of carbonyl (C=O) groups is 1. The lowest BCUT2D eigenvalue weighted by molar-refractivity contribution is -0.216. The van der Waals surface area contributed by atoms with E-state index in [1.54, 1.807) is 0 Å². The number of nitrogens with zero attached hydrogens (tertiary/aromatic N) is 1. The van der Waals surface area contributed by atoms with Crippen LogP contribution in [0.5, 0.6) is 5.75 Å². The van der Waals surface area contributed by atoms with Gasteiger partial charge in [-0.1, -0.05) is 0 Å². The summed E-state index contributed by atoms with van der Waals surface area (Å²) >= 11 is 3.03. The zero-order chi connectivity index (χ0) is 12.2. The molecule has 0 aliphatic carbocycles. The Kier molecular flexibility index (Phi) is 4.17. The predicted molar refractivity (Wildman–Crippen MR) is 54.1 cm³/mol. The molecule has 0 saturated heterocycles. The van der Waals surface area contributed by atoms with E-state index in [-0.39, 0.29) is 12.4 Å². The Morgan fingerprint density at radius 1 is 1.56 bits per heavy atom. The van der Waals surface area contributed by atoms with Gasteiger partial charge >= 0.3 is 12.1 Å². The van der Waals surface area contributed by atoms with Crippen molar-refractivity contribution in [2.45, 2.75) is 13.0 Å². The summed E-state index contributed by atoms with van der Waals surface area (Å²) in [4.78, 5) is 14.5. The van der Waals surface area contributed by atoms with Gasteiger partial charge in [-0.3, -0.25) is 0 Å². The highest BCUT2D eigenvalue weighted by atomic mass is 79.9. The van der Waals surface area contributed by atoms with Gasteiger partial charge in [-0.05, 0) is 35.0 Å². The number of pyridine rings is 1. The number of alkyl halides is 2. The standard InChI is InChI=1S/C9H8BrF2NO3/c1-2-15-8(14)9(11,12)16-6-3-4-7(10)13-5-6/h3-5H,2H2,1H3. The lowest BCUT2D eigenvalue weighted by atomic mass is 10.4.